The van der Waals surface area contributed by atoms with Gasteiger partial charge in [0.2, 0.25) is 5.91 Å². The van der Waals surface area contributed by atoms with Crippen LogP contribution in [0.2, 0.25) is 0 Å². The van der Waals surface area contributed by atoms with E-state index in [2.05, 4.69) is 10.6 Å². The zero-order chi connectivity index (χ0) is 13.8. The summed E-state index contributed by atoms with van der Waals surface area (Å²) in [7, 11) is 1.58. The Morgan fingerprint density at radius 1 is 1.33 bits per heavy atom. The van der Waals surface area contributed by atoms with Crippen LogP contribution in [0.5, 0.6) is 0 Å². The molecule has 0 saturated heterocycles. The number of carboxylic acid groups (broad SMARTS) is 1. The van der Waals surface area contributed by atoms with Crippen molar-refractivity contribution in [2.75, 3.05) is 33.4 Å². The van der Waals surface area contributed by atoms with E-state index in [4.69, 9.17) is 9.84 Å². The highest BCUT2D eigenvalue weighted by Gasteiger charge is 2.03. The maximum atomic E-state index is 11.3. The van der Waals surface area contributed by atoms with Crippen LogP contribution in [0.25, 0.3) is 0 Å². The number of ether oxygens (including phenoxy) is 1. The highest BCUT2D eigenvalue weighted by molar-refractivity contribution is 5.86. The Bertz CT molecular complexity index is 290. The van der Waals surface area contributed by atoms with Crippen LogP contribution < -0.4 is 10.6 Å². The van der Waals surface area contributed by atoms with E-state index >= 15 is 0 Å². The summed E-state index contributed by atoms with van der Waals surface area (Å²) >= 11 is 0. The Labute approximate surface area is 107 Å². The highest BCUT2D eigenvalue weighted by Crippen LogP contribution is 1.98. The Hall–Kier alpha value is -1.40. The van der Waals surface area contributed by atoms with Gasteiger partial charge in [-0.05, 0) is 6.42 Å². The number of hydrogen-bond donors (Lipinski definition) is 3. The molecule has 6 heteroatoms. The van der Waals surface area contributed by atoms with Gasteiger partial charge in [-0.15, -0.1) is 0 Å². The Morgan fingerprint density at radius 2 is 2.06 bits per heavy atom. The van der Waals surface area contributed by atoms with Gasteiger partial charge in [0.1, 0.15) is 0 Å². The molecule has 18 heavy (non-hydrogen) atoms. The lowest BCUT2D eigenvalue weighted by Gasteiger charge is -2.05. The SMILES string of the molecule is CCC(=CCNCCC(=O)NCCOC)C(=O)O. The first kappa shape index (κ1) is 16.6. The van der Waals surface area contributed by atoms with Crippen LogP contribution in [0.3, 0.4) is 0 Å². The average molecular weight is 258 g/mol. The maximum Gasteiger partial charge on any atom is 0.331 e. The molecule has 0 aliphatic carbocycles. The standard InChI is InChI=1S/C12H22N2O4/c1-3-10(12(16)17)4-6-13-7-5-11(15)14-8-9-18-2/h4,13H,3,5-9H2,1-2H3,(H,14,15)(H,16,17). The highest BCUT2D eigenvalue weighted by atomic mass is 16.5. The first-order valence-corrected chi connectivity index (χ1v) is 6.00. The van der Waals surface area contributed by atoms with Gasteiger partial charge in [-0.1, -0.05) is 13.0 Å². The Balaban J connectivity index is 3.61. The van der Waals surface area contributed by atoms with Crippen molar-refractivity contribution in [3.8, 4) is 0 Å². The number of carbonyl (C=O) groups is 2. The van der Waals surface area contributed by atoms with E-state index in [0.29, 0.717) is 44.7 Å². The molecule has 0 aromatic carbocycles. The summed E-state index contributed by atoms with van der Waals surface area (Å²) < 4.78 is 4.80. The number of carboxylic acids is 1. The third kappa shape index (κ3) is 8.72. The van der Waals surface area contributed by atoms with Crippen molar-refractivity contribution in [1.82, 2.24) is 10.6 Å². The zero-order valence-corrected chi connectivity index (χ0v) is 11.0. The molecule has 0 rings (SSSR count). The number of rotatable bonds is 10. The van der Waals surface area contributed by atoms with E-state index in [1.54, 1.807) is 20.1 Å². The molecule has 0 aromatic heterocycles. The number of carbonyl (C=O) groups excluding carboxylic acids is 1. The van der Waals surface area contributed by atoms with Crippen LogP contribution in [0.15, 0.2) is 11.6 Å². The van der Waals surface area contributed by atoms with Gasteiger partial charge in [-0.25, -0.2) is 4.79 Å². The van der Waals surface area contributed by atoms with Crippen molar-refractivity contribution in [2.45, 2.75) is 19.8 Å². The van der Waals surface area contributed by atoms with Crippen LogP contribution in [0.1, 0.15) is 19.8 Å². The first-order chi connectivity index (χ1) is 8.61. The summed E-state index contributed by atoms with van der Waals surface area (Å²) in [6, 6.07) is 0. The molecular formula is C12H22N2O4. The Kier molecular flexibility index (Phi) is 9.90. The molecule has 1 amide bonds. The number of hydrogen-bond acceptors (Lipinski definition) is 4. The van der Waals surface area contributed by atoms with Crippen LogP contribution in [0, 0.1) is 0 Å². The van der Waals surface area contributed by atoms with Gasteiger partial charge in [0, 0.05) is 38.7 Å². The second-order valence-electron chi connectivity index (χ2n) is 3.68. The molecule has 0 radical (unpaired) electrons. The molecule has 0 atom stereocenters. The molecule has 0 aliphatic rings. The molecule has 0 spiro atoms. The quantitative estimate of drug-likeness (QED) is 0.383. The van der Waals surface area contributed by atoms with E-state index in [-0.39, 0.29) is 5.91 Å². The van der Waals surface area contributed by atoms with Crippen LogP contribution in [0.4, 0.5) is 0 Å². The minimum Gasteiger partial charge on any atom is -0.478 e. The summed E-state index contributed by atoms with van der Waals surface area (Å²) in [5.41, 5.74) is 0.382. The normalized spacial score (nSPS) is 11.3. The predicted molar refractivity (Wildman–Crippen MR) is 68.4 cm³/mol. The Morgan fingerprint density at radius 3 is 2.61 bits per heavy atom. The van der Waals surface area contributed by atoms with E-state index in [0.717, 1.165) is 0 Å². The number of methoxy groups -OCH3 is 1. The van der Waals surface area contributed by atoms with Crippen LogP contribution >= 0.6 is 0 Å². The first-order valence-electron chi connectivity index (χ1n) is 6.00. The molecule has 0 heterocycles. The van der Waals surface area contributed by atoms with E-state index in [1.807, 2.05) is 0 Å². The van der Waals surface area contributed by atoms with E-state index in [1.165, 1.54) is 0 Å². The third-order valence-corrected chi connectivity index (χ3v) is 2.31. The van der Waals surface area contributed by atoms with Crippen LogP contribution in [-0.2, 0) is 14.3 Å². The van der Waals surface area contributed by atoms with Crippen molar-refractivity contribution in [3.63, 3.8) is 0 Å². The molecule has 6 nitrogen and oxygen atoms in total. The minimum atomic E-state index is -0.892. The fraction of sp³-hybridized carbons (Fsp3) is 0.667. The van der Waals surface area contributed by atoms with Crippen molar-refractivity contribution in [1.29, 1.82) is 0 Å². The van der Waals surface area contributed by atoms with Gasteiger partial charge in [0.05, 0.1) is 6.61 Å². The second-order valence-corrected chi connectivity index (χ2v) is 3.68. The summed E-state index contributed by atoms with van der Waals surface area (Å²) in [5.74, 6) is -0.936. The molecule has 0 fully saturated rings. The molecular weight excluding hydrogens is 236 g/mol. The lowest BCUT2D eigenvalue weighted by Crippen LogP contribution is -2.30. The zero-order valence-electron chi connectivity index (χ0n) is 11.0. The second kappa shape index (κ2) is 10.7. The minimum absolute atomic E-state index is 0.0440. The lowest BCUT2D eigenvalue weighted by molar-refractivity contribution is -0.132. The molecule has 104 valence electrons. The summed E-state index contributed by atoms with van der Waals surface area (Å²) in [6.45, 7) is 3.78. The summed E-state index contributed by atoms with van der Waals surface area (Å²) in [4.78, 5) is 21.9. The van der Waals surface area contributed by atoms with Crippen molar-refractivity contribution in [2.24, 2.45) is 0 Å². The molecule has 0 bridgehead atoms. The molecule has 0 aliphatic heterocycles. The van der Waals surface area contributed by atoms with Gasteiger partial charge in [0.25, 0.3) is 0 Å². The molecule has 3 N–H and O–H groups in total. The largest absolute Gasteiger partial charge is 0.478 e. The molecule has 0 aromatic rings. The van der Waals surface area contributed by atoms with E-state index in [9.17, 15) is 9.59 Å². The summed E-state index contributed by atoms with van der Waals surface area (Å²) in [6.07, 6.45) is 2.49. The van der Waals surface area contributed by atoms with Crippen LogP contribution in [-0.4, -0.2) is 50.3 Å². The lowest BCUT2D eigenvalue weighted by atomic mass is 10.2. The summed E-state index contributed by atoms with van der Waals surface area (Å²) in [5, 5.41) is 14.5. The van der Waals surface area contributed by atoms with Gasteiger partial charge in [0.15, 0.2) is 0 Å². The van der Waals surface area contributed by atoms with Crippen molar-refractivity contribution < 1.29 is 19.4 Å². The van der Waals surface area contributed by atoms with Gasteiger partial charge >= 0.3 is 5.97 Å². The topological polar surface area (TPSA) is 87.7 Å². The molecule has 0 unspecified atom stereocenters. The number of aliphatic carboxylic acids is 1. The van der Waals surface area contributed by atoms with Crippen molar-refractivity contribution in [3.05, 3.63) is 11.6 Å². The predicted octanol–water partition coefficient (Wildman–Crippen LogP) is 0.150. The number of amides is 1. The van der Waals surface area contributed by atoms with Gasteiger partial charge < -0.3 is 20.5 Å². The fourth-order valence-corrected chi connectivity index (χ4v) is 1.26. The van der Waals surface area contributed by atoms with Gasteiger partial charge in [-0.3, -0.25) is 4.79 Å². The van der Waals surface area contributed by atoms with Crippen molar-refractivity contribution >= 4 is 11.9 Å². The number of nitrogens with one attached hydrogen (secondary N) is 2. The third-order valence-electron chi connectivity index (χ3n) is 2.31. The monoisotopic (exact) mass is 258 g/mol. The smallest absolute Gasteiger partial charge is 0.331 e. The van der Waals surface area contributed by atoms with E-state index < -0.39 is 5.97 Å². The van der Waals surface area contributed by atoms with Gasteiger partial charge in [-0.2, -0.15) is 0 Å². The maximum absolute atomic E-state index is 11.3. The average Bonchev–Trinajstić information content (AvgIpc) is 2.33. The fourth-order valence-electron chi connectivity index (χ4n) is 1.26. The molecule has 0 saturated carbocycles.